The summed E-state index contributed by atoms with van der Waals surface area (Å²) in [5, 5.41) is 3.75. The average Bonchev–Trinajstić information content (AvgIpc) is 2.86. The number of benzene rings is 2. The normalized spacial score (nSPS) is 23.2. The van der Waals surface area contributed by atoms with E-state index in [0.29, 0.717) is 12.0 Å². The third-order valence-corrected chi connectivity index (χ3v) is 4.44. The van der Waals surface area contributed by atoms with Crippen molar-refractivity contribution in [1.29, 1.82) is 0 Å². The Hall–Kier alpha value is -1.76. The molecule has 90 valence electrons. The molecule has 2 aliphatic rings. The summed E-state index contributed by atoms with van der Waals surface area (Å²) in [7, 11) is 0. The maximum absolute atomic E-state index is 3.75. The van der Waals surface area contributed by atoms with E-state index in [0.717, 1.165) is 0 Å². The maximum Gasteiger partial charge on any atom is 0.0589 e. The molecule has 1 N–H and O–H groups in total. The van der Waals surface area contributed by atoms with Crippen LogP contribution < -0.4 is 5.32 Å². The SMILES string of the molecule is Cc1cc(C)c2c(c1)[C@@H]1Cc3ccccc3[C@@H]1N2. The molecule has 0 saturated heterocycles. The molecule has 1 nitrogen and oxygen atoms in total. The zero-order chi connectivity index (χ0) is 12.3. The largest absolute Gasteiger partial charge is 0.377 e. The predicted molar refractivity (Wildman–Crippen MR) is 75.2 cm³/mol. The molecule has 1 aliphatic carbocycles. The number of aryl methyl sites for hydroxylation is 2. The molecule has 2 atom stereocenters. The molecule has 1 aliphatic heterocycles. The van der Waals surface area contributed by atoms with Gasteiger partial charge in [0.25, 0.3) is 0 Å². The molecule has 0 saturated carbocycles. The molecule has 0 aromatic heterocycles. The van der Waals surface area contributed by atoms with Gasteiger partial charge in [-0.3, -0.25) is 0 Å². The lowest BCUT2D eigenvalue weighted by molar-refractivity contribution is 0.677. The molecule has 0 amide bonds. The highest BCUT2D eigenvalue weighted by Crippen LogP contribution is 2.52. The van der Waals surface area contributed by atoms with Gasteiger partial charge in [-0.15, -0.1) is 0 Å². The molecule has 0 radical (unpaired) electrons. The number of fused-ring (bicyclic) bond motifs is 5. The lowest BCUT2D eigenvalue weighted by Crippen LogP contribution is -2.05. The Kier molecular flexibility index (Phi) is 1.91. The van der Waals surface area contributed by atoms with Gasteiger partial charge in [0.05, 0.1) is 6.04 Å². The minimum Gasteiger partial charge on any atom is -0.377 e. The van der Waals surface area contributed by atoms with Crippen LogP contribution >= 0.6 is 0 Å². The molecule has 2 aromatic rings. The van der Waals surface area contributed by atoms with Crippen LogP contribution in [0.1, 0.15) is 39.8 Å². The molecule has 0 bridgehead atoms. The van der Waals surface area contributed by atoms with E-state index in [4.69, 9.17) is 0 Å². The number of anilines is 1. The third-order valence-electron chi connectivity index (χ3n) is 4.44. The number of hydrogen-bond acceptors (Lipinski definition) is 1. The van der Waals surface area contributed by atoms with Crippen LogP contribution in [-0.4, -0.2) is 0 Å². The minimum atomic E-state index is 0.497. The Morgan fingerprint density at radius 1 is 1.06 bits per heavy atom. The van der Waals surface area contributed by atoms with Gasteiger partial charge in [-0.1, -0.05) is 42.0 Å². The van der Waals surface area contributed by atoms with Gasteiger partial charge in [0.1, 0.15) is 0 Å². The van der Waals surface area contributed by atoms with Gasteiger partial charge in [-0.2, -0.15) is 0 Å². The maximum atomic E-state index is 3.75. The molecule has 0 fully saturated rings. The van der Waals surface area contributed by atoms with Crippen LogP contribution in [0, 0.1) is 13.8 Å². The lowest BCUT2D eigenvalue weighted by Gasteiger charge is -2.11. The van der Waals surface area contributed by atoms with Gasteiger partial charge in [0, 0.05) is 11.6 Å². The van der Waals surface area contributed by atoms with Gasteiger partial charge in [-0.05, 0) is 42.5 Å². The summed E-state index contributed by atoms with van der Waals surface area (Å²) in [5.41, 5.74) is 8.68. The summed E-state index contributed by atoms with van der Waals surface area (Å²) in [5.74, 6) is 0.635. The topological polar surface area (TPSA) is 12.0 Å². The lowest BCUT2D eigenvalue weighted by atomic mass is 9.93. The van der Waals surface area contributed by atoms with Crippen molar-refractivity contribution in [3.63, 3.8) is 0 Å². The monoisotopic (exact) mass is 235 g/mol. The van der Waals surface area contributed by atoms with E-state index in [-0.39, 0.29) is 0 Å². The first kappa shape index (κ1) is 10.2. The summed E-state index contributed by atoms with van der Waals surface area (Å²) in [4.78, 5) is 0. The van der Waals surface area contributed by atoms with Gasteiger partial charge in [-0.25, -0.2) is 0 Å². The van der Waals surface area contributed by atoms with Gasteiger partial charge in [0.2, 0.25) is 0 Å². The summed E-state index contributed by atoms with van der Waals surface area (Å²) >= 11 is 0. The molecule has 2 aromatic carbocycles. The predicted octanol–water partition coefficient (Wildman–Crippen LogP) is 4.11. The Balaban J connectivity index is 1.87. The molecule has 0 unspecified atom stereocenters. The molecule has 4 rings (SSSR count). The fraction of sp³-hybridized carbons (Fsp3) is 0.294. The molecular weight excluding hydrogens is 218 g/mol. The highest BCUT2D eigenvalue weighted by Gasteiger charge is 2.39. The Morgan fingerprint density at radius 2 is 1.89 bits per heavy atom. The van der Waals surface area contributed by atoms with E-state index >= 15 is 0 Å². The van der Waals surface area contributed by atoms with Crippen LogP contribution in [0.15, 0.2) is 36.4 Å². The minimum absolute atomic E-state index is 0.497. The number of nitrogens with one attached hydrogen (secondary N) is 1. The summed E-state index contributed by atoms with van der Waals surface area (Å²) in [6.07, 6.45) is 1.18. The number of hydrogen-bond donors (Lipinski definition) is 1. The summed E-state index contributed by atoms with van der Waals surface area (Å²) in [6.45, 7) is 4.41. The third kappa shape index (κ3) is 1.22. The smallest absolute Gasteiger partial charge is 0.0589 e. The Labute approximate surface area is 108 Å². The van der Waals surface area contributed by atoms with Gasteiger partial charge < -0.3 is 5.32 Å². The highest BCUT2D eigenvalue weighted by molar-refractivity contribution is 5.68. The van der Waals surface area contributed by atoms with E-state index in [1.807, 2.05) is 0 Å². The summed E-state index contributed by atoms with van der Waals surface area (Å²) in [6, 6.07) is 14.0. The average molecular weight is 235 g/mol. The first-order valence-electron chi connectivity index (χ1n) is 6.69. The zero-order valence-electron chi connectivity index (χ0n) is 10.8. The molecule has 1 heterocycles. The fourth-order valence-corrected chi connectivity index (χ4v) is 3.71. The van der Waals surface area contributed by atoms with Gasteiger partial charge >= 0.3 is 0 Å². The van der Waals surface area contributed by atoms with E-state index < -0.39 is 0 Å². The van der Waals surface area contributed by atoms with E-state index in [2.05, 4.69) is 55.6 Å². The van der Waals surface area contributed by atoms with Crippen LogP contribution in [0.25, 0.3) is 0 Å². The van der Waals surface area contributed by atoms with Crippen LogP contribution in [0.4, 0.5) is 5.69 Å². The molecule has 0 spiro atoms. The van der Waals surface area contributed by atoms with Crippen LogP contribution in [-0.2, 0) is 6.42 Å². The van der Waals surface area contributed by atoms with Crippen molar-refractivity contribution < 1.29 is 0 Å². The fourth-order valence-electron chi connectivity index (χ4n) is 3.71. The second-order valence-corrected chi connectivity index (χ2v) is 5.68. The Bertz CT molecular complexity index is 642. The standard InChI is InChI=1S/C17H17N/c1-10-7-11(2)16-14(8-10)15-9-12-5-3-4-6-13(12)17(15)18-16/h3-8,15,17-18H,9H2,1-2H3/t15-,17-/m0/s1. The van der Waals surface area contributed by atoms with Crippen LogP contribution in [0.5, 0.6) is 0 Å². The van der Waals surface area contributed by atoms with Crippen molar-refractivity contribution >= 4 is 5.69 Å². The van der Waals surface area contributed by atoms with Crippen LogP contribution in [0.3, 0.4) is 0 Å². The van der Waals surface area contributed by atoms with Crippen molar-refractivity contribution in [3.8, 4) is 0 Å². The Morgan fingerprint density at radius 3 is 2.78 bits per heavy atom. The highest BCUT2D eigenvalue weighted by atomic mass is 15.0. The van der Waals surface area contributed by atoms with Crippen LogP contribution in [0.2, 0.25) is 0 Å². The second kappa shape index (κ2) is 3.38. The van der Waals surface area contributed by atoms with E-state index in [1.54, 1.807) is 0 Å². The van der Waals surface area contributed by atoms with Crippen molar-refractivity contribution in [2.75, 3.05) is 5.32 Å². The summed E-state index contributed by atoms with van der Waals surface area (Å²) < 4.78 is 0. The van der Waals surface area contributed by atoms with Crippen molar-refractivity contribution in [2.45, 2.75) is 32.2 Å². The zero-order valence-corrected chi connectivity index (χ0v) is 10.8. The number of rotatable bonds is 0. The molecule has 18 heavy (non-hydrogen) atoms. The van der Waals surface area contributed by atoms with Crippen molar-refractivity contribution in [1.82, 2.24) is 0 Å². The van der Waals surface area contributed by atoms with Gasteiger partial charge in [0.15, 0.2) is 0 Å². The van der Waals surface area contributed by atoms with E-state index in [9.17, 15) is 0 Å². The first-order valence-corrected chi connectivity index (χ1v) is 6.69. The van der Waals surface area contributed by atoms with E-state index in [1.165, 1.54) is 39.9 Å². The first-order chi connectivity index (χ1) is 8.74. The van der Waals surface area contributed by atoms with Crippen molar-refractivity contribution in [3.05, 3.63) is 64.2 Å². The van der Waals surface area contributed by atoms with Crippen molar-refractivity contribution in [2.24, 2.45) is 0 Å². The molecule has 1 heteroatoms. The quantitative estimate of drug-likeness (QED) is 0.724. The second-order valence-electron chi connectivity index (χ2n) is 5.68. The molecular formula is C17H17N.